The predicted molar refractivity (Wildman–Crippen MR) is 64.1 cm³/mol. The van der Waals surface area contributed by atoms with Gasteiger partial charge in [-0.3, -0.25) is 4.79 Å². The first-order valence-electron chi connectivity index (χ1n) is 5.54. The molecule has 1 aromatic rings. The topological polar surface area (TPSA) is 58.6 Å². The Morgan fingerprint density at radius 3 is 3.00 bits per heavy atom. The molecule has 2 N–H and O–H groups in total. The van der Waals surface area contributed by atoms with Gasteiger partial charge in [-0.05, 0) is 12.1 Å². The fourth-order valence-corrected chi connectivity index (χ4v) is 2.03. The Balaban J connectivity index is 2.04. The maximum absolute atomic E-state index is 13.5. The average molecular weight is 274 g/mol. The molecule has 0 saturated carbocycles. The third-order valence-electron chi connectivity index (χ3n) is 2.85. The van der Waals surface area contributed by atoms with E-state index in [1.54, 1.807) is 0 Å². The van der Waals surface area contributed by atoms with Crippen molar-refractivity contribution < 1.29 is 19.0 Å². The lowest BCUT2D eigenvalue weighted by atomic mass is 10.0. The Labute approximate surface area is 109 Å². The van der Waals surface area contributed by atoms with Crippen molar-refractivity contribution in [3.8, 4) is 0 Å². The zero-order chi connectivity index (χ0) is 13.2. The van der Waals surface area contributed by atoms with Gasteiger partial charge < -0.3 is 15.2 Å². The highest BCUT2D eigenvalue weighted by molar-refractivity contribution is 6.33. The van der Waals surface area contributed by atoms with Gasteiger partial charge >= 0.3 is 0 Å². The molecule has 98 valence electrons. The third kappa shape index (κ3) is 2.80. The summed E-state index contributed by atoms with van der Waals surface area (Å²) in [5.74, 6) is -1.33. The third-order valence-corrected chi connectivity index (χ3v) is 3.17. The van der Waals surface area contributed by atoms with Gasteiger partial charge in [0.15, 0.2) is 0 Å². The van der Waals surface area contributed by atoms with Crippen LogP contribution in [0.4, 0.5) is 4.39 Å². The molecule has 4 nitrogen and oxygen atoms in total. The Bertz CT molecular complexity index is 440. The zero-order valence-electron chi connectivity index (χ0n) is 9.58. The fraction of sp³-hybridized carbons (Fsp3) is 0.417. The number of carbonyl (C=O) groups is 1. The first-order chi connectivity index (χ1) is 8.52. The summed E-state index contributed by atoms with van der Waals surface area (Å²) in [7, 11) is 0. The molecule has 0 radical (unpaired) electrons. The molecular formula is C12H13ClFNO3. The minimum atomic E-state index is -1.08. The SMILES string of the molecule is O=C(NCC1(O)CCOC1)c1c(F)cccc1Cl. The molecule has 1 atom stereocenters. The van der Waals surface area contributed by atoms with E-state index in [0.717, 1.165) is 6.07 Å². The van der Waals surface area contributed by atoms with Gasteiger partial charge in [0.1, 0.15) is 11.4 Å². The highest BCUT2D eigenvalue weighted by Crippen LogP contribution is 2.20. The van der Waals surface area contributed by atoms with E-state index in [1.165, 1.54) is 12.1 Å². The monoisotopic (exact) mass is 273 g/mol. The van der Waals surface area contributed by atoms with Crippen LogP contribution in [0.25, 0.3) is 0 Å². The van der Waals surface area contributed by atoms with E-state index in [0.29, 0.717) is 13.0 Å². The fourth-order valence-electron chi connectivity index (χ4n) is 1.78. The number of benzene rings is 1. The van der Waals surface area contributed by atoms with Crippen LogP contribution in [0.2, 0.25) is 5.02 Å². The van der Waals surface area contributed by atoms with Crippen LogP contribution in [0.15, 0.2) is 18.2 Å². The van der Waals surface area contributed by atoms with Crippen molar-refractivity contribution in [2.75, 3.05) is 19.8 Å². The van der Waals surface area contributed by atoms with E-state index in [-0.39, 0.29) is 23.7 Å². The predicted octanol–water partition coefficient (Wildman–Crippen LogP) is 1.36. The molecule has 1 fully saturated rings. The van der Waals surface area contributed by atoms with Crippen LogP contribution in [-0.4, -0.2) is 36.4 Å². The minimum absolute atomic E-state index is 0.0104. The van der Waals surface area contributed by atoms with E-state index in [2.05, 4.69) is 5.32 Å². The Morgan fingerprint density at radius 2 is 2.39 bits per heavy atom. The summed E-state index contributed by atoms with van der Waals surface area (Å²) in [5, 5.41) is 12.5. The molecule has 0 aromatic heterocycles. The van der Waals surface area contributed by atoms with Crippen LogP contribution in [0, 0.1) is 5.82 Å². The molecule has 1 amide bonds. The van der Waals surface area contributed by atoms with Crippen molar-refractivity contribution in [1.82, 2.24) is 5.32 Å². The van der Waals surface area contributed by atoms with Crippen molar-refractivity contribution in [3.05, 3.63) is 34.6 Å². The lowest BCUT2D eigenvalue weighted by molar-refractivity contribution is 0.0264. The molecule has 0 bridgehead atoms. The van der Waals surface area contributed by atoms with Crippen molar-refractivity contribution >= 4 is 17.5 Å². The molecule has 18 heavy (non-hydrogen) atoms. The van der Waals surface area contributed by atoms with E-state index in [4.69, 9.17) is 16.3 Å². The van der Waals surface area contributed by atoms with Crippen LogP contribution in [0.1, 0.15) is 16.8 Å². The quantitative estimate of drug-likeness (QED) is 0.874. The smallest absolute Gasteiger partial charge is 0.255 e. The highest BCUT2D eigenvalue weighted by atomic mass is 35.5. The number of hydrogen-bond donors (Lipinski definition) is 2. The van der Waals surface area contributed by atoms with Crippen molar-refractivity contribution in [2.24, 2.45) is 0 Å². The largest absolute Gasteiger partial charge is 0.386 e. The Kier molecular flexibility index (Phi) is 3.85. The van der Waals surface area contributed by atoms with E-state index in [9.17, 15) is 14.3 Å². The lowest BCUT2D eigenvalue weighted by Gasteiger charge is -2.20. The summed E-state index contributed by atoms with van der Waals surface area (Å²) in [5.41, 5.74) is -1.28. The van der Waals surface area contributed by atoms with Crippen LogP contribution in [-0.2, 0) is 4.74 Å². The van der Waals surface area contributed by atoms with Crippen molar-refractivity contribution in [3.63, 3.8) is 0 Å². The first-order valence-corrected chi connectivity index (χ1v) is 5.92. The van der Waals surface area contributed by atoms with Gasteiger partial charge in [0.25, 0.3) is 5.91 Å². The number of carbonyl (C=O) groups excluding carboxylic acids is 1. The molecule has 1 saturated heterocycles. The van der Waals surface area contributed by atoms with E-state index in [1.807, 2.05) is 0 Å². The maximum atomic E-state index is 13.5. The van der Waals surface area contributed by atoms with Gasteiger partial charge in [0.2, 0.25) is 0 Å². The van der Waals surface area contributed by atoms with Crippen molar-refractivity contribution in [2.45, 2.75) is 12.0 Å². The number of amides is 1. The Morgan fingerprint density at radius 1 is 1.61 bits per heavy atom. The summed E-state index contributed by atoms with van der Waals surface area (Å²) in [6.45, 7) is 0.627. The number of rotatable bonds is 3. The number of aliphatic hydroxyl groups is 1. The summed E-state index contributed by atoms with van der Waals surface area (Å²) in [6, 6.07) is 4.02. The maximum Gasteiger partial charge on any atom is 0.255 e. The standard InChI is InChI=1S/C12H13ClFNO3/c13-8-2-1-3-9(14)10(8)11(16)15-6-12(17)4-5-18-7-12/h1-3,17H,4-7H2,(H,15,16). The lowest BCUT2D eigenvalue weighted by Crippen LogP contribution is -2.43. The van der Waals surface area contributed by atoms with Gasteiger partial charge in [0, 0.05) is 19.6 Å². The van der Waals surface area contributed by atoms with Crippen LogP contribution < -0.4 is 5.32 Å². The molecule has 1 aromatic carbocycles. The number of nitrogens with one attached hydrogen (secondary N) is 1. The Hall–Kier alpha value is -1.17. The first kappa shape index (κ1) is 13.3. The molecular weight excluding hydrogens is 261 g/mol. The van der Waals surface area contributed by atoms with Gasteiger partial charge in [0.05, 0.1) is 17.2 Å². The molecule has 2 rings (SSSR count). The molecule has 1 aliphatic heterocycles. The number of hydrogen-bond acceptors (Lipinski definition) is 3. The number of ether oxygens (including phenoxy) is 1. The summed E-state index contributed by atoms with van der Waals surface area (Å²) in [6.07, 6.45) is 0.443. The number of halogens is 2. The zero-order valence-corrected chi connectivity index (χ0v) is 10.3. The molecule has 0 aliphatic carbocycles. The highest BCUT2D eigenvalue weighted by Gasteiger charge is 2.33. The summed E-state index contributed by atoms with van der Waals surface area (Å²) >= 11 is 5.77. The van der Waals surface area contributed by atoms with Gasteiger partial charge in [-0.25, -0.2) is 4.39 Å². The molecule has 6 heteroatoms. The second kappa shape index (κ2) is 5.22. The second-order valence-corrected chi connectivity index (χ2v) is 4.71. The molecule has 0 spiro atoms. The van der Waals surface area contributed by atoms with E-state index < -0.39 is 17.3 Å². The summed E-state index contributed by atoms with van der Waals surface area (Å²) in [4.78, 5) is 11.8. The van der Waals surface area contributed by atoms with E-state index >= 15 is 0 Å². The molecule has 1 unspecified atom stereocenters. The second-order valence-electron chi connectivity index (χ2n) is 4.31. The van der Waals surface area contributed by atoms with Gasteiger partial charge in [-0.15, -0.1) is 0 Å². The van der Waals surface area contributed by atoms with Crippen LogP contribution >= 0.6 is 11.6 Å². The summed E-state index contributed by atoms with van der Waals surface area (Å²) < 4.78 is 18.5. The molecule has 1 heterocycles. The minimum Gasteiger partial charge on any atom is -0.386 e. The normalized spacial score (nSPS) is 23.1. The van der Waals surface area contributed by atoms with Gasteiger partial charge in [-0.1, -0.05) is 17.7 Å². The van der Waals surface area contributed by atoms with Gasteiger partial charge in [-0.2, -0.15) is 0 Å². The molecule has 1 aliphatic rings. The van der Waals surface area contributed by atoms with Crippen LogP contribution in [0.3, 0.4) is 0 Å². The van der Waals surface area contributed by atoms with Crippen LogP contribution in [0.5, 0.6) is 0 Å². The average Bonchev–Trinajstić information content (AvgIpc) is 2.74. The van der Waals surface area contributed by atoms with Crippen molar-refractivity contribution in [1.29, 1.82) is 0 Å².